The molecule has 2 aromatic rings. The van der Waals surface area contributed by atoms with Gasteiger partial charge in [0.25, 0.3) is 5.91 Å². The molecule has 0 N–H and O–H groups in total. The van der Waals surface area contributed by atoms with Crippen molar-refractivity contribution in [3.63, 3.8) is 0 Å². The maximum absolute atomic E-state index is 12.0. The SMILES string of the molecule is CN(Cc1ccsc1)C(=O)COC(=O)/C=C/c1ccc2c(c1)OCCCO2. The van der Waals surface area contributed by atoms with Gasteiger partial charge in [0.2, 0.25) is 0 Å². The largest absolute Gasteiger partial charge is 0.490 e. The van der Waals surface area contributed by atoms with Crippen LogP contribution in [0.4, 0.5) is 0 Å². The molecule has 0 aliphatic carbocycles. The molecule has 6 nitrogen and oxygen atoms in total. The number of nitrogens with zero attached hydrogens (tertiary/aromatic N) is 1. The third-order valence-corrected chi connectivity index (χ3v) is 4.68. The zero-order chi connectivity index (χ0) is 19.1. The first-order valence-electron chi connectivity index (χ1n) is 8.61. The topological polar surface area (TPSA) is 65.1 Å². The Balaban J connectivity index is 1.48. The smallest absolute Gasteiger partial charge is 0.331 e. The summed E-state index contributed by atoms with van der Waals surface area (Å²) in [4.78, 5) is 25.4. The number of hydrogen-bond donors (Lipinski definition) is 0. The number of amides is 1. The predicted molar refractivity (Wildman–Crippen MR) is 103 cm³/mol. The molecular formula is C20H21NO5S. The van der Waals surface area contributed by atoms with Crippen molar-refractivity contribution in [3.05, 3.63) is 52.2 Å². The third kappa shape index (κ3) is 5.59. The number of rotatable bonds is 6. The molecule has 1 aromatic carbocycles. The number of carbonyl (C=O) groups excluding carboxylic acids is 2. The second-order valence-electron chi connectivity index (χ2n) is 6.08. The minimum Gasteiger partial charge on any atom is -0.490 e. The normalized spacial score (nSPS) is 13.2. The van der Waals surface area contributed by atoms with E-state index >= 15 is 0 Å². The number of esters is 1. The first kappa shape index (κ1) is 19.0. The highest BCUT2D eigenvalue weighted by molar-refractivity contribution is 7.07. The number of likely N-dealkylation sites (N-methyl/N-ethyl adjacent to an activating group) is 1. The van der Waals surface area contributed by atoms with Gasteiger partial charge in [-0.15, -0.1) is 0 Å². The molecule has 0 fully saturated rings. The van der Waals surface area contributed by atoms with E-state index in [9.17, 15) is 9.59 Å². The van der Waals surface area contributed by atoms with E-state index in [1.807, 2.05) is 35.0 Å². The average Bonchev–Trinajstić information content (AvgIpc) is 3.07. The second-order valence-corrected chi connectivity index (χ2v) is 6.86. The minimum absolute atomic E-state index is 0.251. The Morgan fingerprint density at radius 1 is 1.22 bits per heavy atom. The third-order valence-electron chi connectivity index (χ3n) is 3.95. The van der Waals surface area contributed by atoms with Gasteiger partial charge in [-0.2, -0.15) is 11.3 Å². The molecule has 0 saturated heterocycles. The minimum atomic E-state index is -0.570. The van der Waals surface area contributed by atoms with E-state index < -0.39 is 5.97 Å². The molecule has 0 spiro atoms. The average molecular weight is 387 g/mol. The number of hydrogen-bond acceptors (Lipinski definition) is 6. The van der Waals surface area contributed by atoms with E-state index in [-0.39, 0.29) is 12.5 Å². The van der Waals surface area contributed by atoms with E-state index in [0.29, 0.717) is 31.3 Å². The van der Waals surface area contributed by atoms with E-state index in [4.69, 9.17) is 14.2 Å². The lowest BCUT2D eigenvalue weighted by atomic mass is 10.2. The maximum atomic E-state index is 12.0. The molecule has 0 atom stereocenters. The fourth-order valence-corrected chi connectivity index (χ4v) is 3.14. The van der Waals surface area contributed by atoms with Gasteiger partial charge in [-0.1, -0.05) is 6.07 Å². The molecule has 1 aliphatic rings. The molecule has 2 heterocycles. The number of ether oxygens (including phenoxy) is 3. The van der Waals surface area contributed by atoms with Crippen LogP contribution in [0.15, 0.2) is 41.1 Å². The Kier molecular flexibility index (Phi) is 6.49. The maximum Gasteiger partial charge on any atom is 0.331 e. The fraction of sp³-hybridized carbons (Fsp3) is 0.300. The monoisotopic (exact) mass is 387 g/mol. The van der Waals surface area contributed by atoms with Crippen LogP contribution in [0.2, 0.25) is 0 Å². The fourth-order valence-electron chi connectivity index (χ4n) is 2.48. The van der Waals surface area contributed by atoms with Crippen molar-refractivity contribution in [1.29, 1.82) is 0 Å². The summed E-state index contributed by atoms with van der Waals surface area (Å²) in [5, 5.41) is 3.94. The van der Waals surface area contributed by atoms with Gasteiger partial charge in [-0.25, -0.2) is 4.79 Å². The molecule has 142 valence electrons. The summed E-state index contributed by atoms with van der Waals surface area (Å²) in [5.74, 6) is 0.539. The molecule has 1 amide bonds. The standard InChI is InChI=1S/C20H21NO5S/c1-21(12-16-7-10-27-14-16)19(22)13-26-20(23)6-4-15-3-5-17-18(11-15)25-9-2-8-24-17/h3-7,10-11,14H,2,8-9,12-13H2,1H3/b6-4+. The highest BCUT2D eigenvalue weighted by Crippen LogP contribution is 2.30. The zero-order valence-electron chi connectivity index (χ0n) is 15.1. The van der Waals surface area contributed by atoms with E-state index in [1.165, 1.54) is 11.0 Å². The Hall–Kier alpha value is -2.80. The summed E-state index contributed by atoms with van der Waals surface area (Å²) in [6, 6.07) is 7.41. The van der Waals surface area contributed by atoms with Crippen molar-refractivity contribution in [2.45, 2.75) is 13.0 Å². The van der Waals surface area contributed by atoms with Crippen LogP contribution in [-0.2, 0) is 20.9 Å². The van der Waals surface area contributed by atoms with Gasteiger partial charge in [0.1, 0.15) is 0 Å². The van der Waals surface area contributed by atoms with Gasteiger partial charge >= 0.3 is 5.97 Å². The highest BCUT2D eigenvalue weighted by atomic mass is 32.1. The molecule has 1 aromatic heterocycles. The number of thiophene rings is 1. The van der Waals surface area contributed by atoms with Crippen LogP contribution in [-0.4, -0.2) is 43.6 Å². The van der Waals surface area contributed by atoms with Crippen molar-refractivity contribution in [1.82, 2.24) is 4.90 Å². The van der Waals surface area contributed by atoms with E-state index in [1.54, 1.807) is 24.5 Å². The van der Waals surface area contributed by atoms with E-state index in [0.717, 1.165) is 17.5 Å². The first-order chi connectivity index (χ1) is 13.1. The highest BCUT2D eigenvalue weighted by Gasteiger charge is 2.12. The van der Waals surface area contributed by atoms with Crippen LogP contribution in [0.5, 0.6) is 11.5 Å². The van der Waals surface area contributed by atoms with Crippen molar-refractivity contribution >= 4 is 29.3 Å². The van der Waals surface area contributed by atoms with Gasteiger partial charge < -0.3 is 19.1 Å². The summed E-state index contributed by atoms with van der Waals surface area (Å²) < 4.78 is 16.2. The van der Waals surface area contributed by atoms with E-state index in [2.05, 4.69) is 0 Å². The molecule has 0 radical (unpaired) electrons. The molecule has 0 unspecified atom stereocenters. The van der Waals surface area contributed by atoms with Crippen LogP contribution in [0, 0.1) is 0 Å². The van der Waals surface area contributed by atoms with Gasteiger partial charge in [0, 0.05) is 26.1 Å². The molecule has 0 saturated carbocycles. The summed E-state index contributed by atoms with van der Waals surface area (Å²) in [6.45, 7) is 1.44. The number of fused-ring (bicyclic) bond motifs is 1. The van der Waals surface area contributed by atoms with Gasteiger partial charge in [-0.3, -0.25) is 4.79 Å². The number of carbonyl (C=O) groups is 2. The quantitative estimate of drug-likeness (QED) is 0.563. The Morgan fingerprint density at radius 3 is 2.81 bits per heavy atom. The predicted octanol–water partition coefficient (Wildman–Crippen LogP) is 3.12. The summed E-state index contributed by atoms with van der Waals surface area (Å²) in [7, 11) is 1.68. The molecule has 27 heavy (non-hydrogen) atoms. The van der Waals surface area contributed by atoms with Crippen molar-refractivity contribution in [2.75, 3.05) is 26.9 Å². The van der Waals surface area contributed by atoms with Crippen LogP contribution >= 0.6 is 11.3 Å². The number of benzene rings is 1. The summed E-state index contributed by atoms with van der Waals surface area (Å²) >= 11 is 1.58. The molecule has 1 aliphatic heterocycles. The summed E-state index contributed by atoms with van der Waals surface area (Å²) in [6.07, 6.45) is 3.75. The van der Waals surface area contributed by atoms with Crippen LogP contribution in [0.3, 0.4) is 0 Å². The first-order valence-corrected chi connectivity index (χ1v) is 9.55. The van der Waals surface area contributed by atoms with Crippen LogP contribution in [0.1, 0.15) is 17.5 Å². The van der Waals surface area contributed by atoms with Crippen molar-refractivity contribution < 1.29 is 23.8 Å². The molecule has 3 rings (SSSR count). The lowest BCUT2D eigenvalue weighted by Gasteiger charge is -2.15. The molecule has 0 bridgehead atoms. The van der Waals surface area contributed by atoms with Gasteiger partial charge in [0.15, 0.2) is 18.1 Å². The molecule has 7 heteroatoms. The van der Waals surface area contributed by atoms with Crippen LogP contribution < -0.4 is 9.47 Å². The van der Waals surface area contributed by atoms with Crippen molar-refractivity contribution in [2.24, 2.45) is 0 Å². The zero-order valence-corrected chi connectivity index (χ0v) is 15.9. The van der Waals surface area contributed by atoms with Crippen molar-refractivity contribution in [3.8, 4) is 11.5 Å². The second kappa shape index (κ2) is 9.23. The Labute approximate surface area is 162 Å². The summed E-state index contributed by atoms with van der Waals surface area (Å²) in [5.41, 5.74) is 1.84. The lowest BCUT2D eigenvalue weighted by molar-refractivity contribution is -0.147. The van der Waals surface area contributed by atoms with Gasteiger partial charge in [0.05, 0.1) is 13.2 Å². The molecular weight excluding hydrogens is 366 g/mol. The van der Waals surface area contributed by atoms with Crippen LogP contribution in [0.25, 0.3) is 6.08 Å². The Bertz CT molecular complexity index is 816. The lowest BCUT2D eigenvalue weighted by Crippen LogP contribution is -2.30. The van der Waals surface area contributed by atoms with Gasteiger partial charge in [-0.05, 0) is 46.2 Å². The Morgan fingerprint density at radius 2 is 2.04 bits per heavy atom.